The first-order chi connectivity index (χ1) is 13.1. The standard InChI is InChI=1S/C23H30O4/c24-18(16-17-8-4-3-5-9-17)12-13-20-19(21-14-15-22(20)27-21)10-6-1-2-7-11-23(25)26/h1-9,18-22,24H,10-16H2,(H,25,26)/b6-1-,7-2?/t18?,19-,20+,21-,22+/m0/s1. The Kier molecular flexibility index (Phi) is 7.25. The number of hydrogen-bond donors (Lipinski definition) is 2. The third-order valence-corrected chi connectivity index (χ3v) is 5.82. The molecule has 0 saturated carbocycles. The van der Waals surface area contributed by atoms with Crippen LogP contribution in [0.5, 0.6) is 0 Å². The lowest BCUT2D eigenvalue weighted by Gasteiger charge is -2.28. The van der Waals surface area contributed by atoms with Crippen molar-refractivity contribution in [3.63, 3.8) is 0 Å². The minimum atomic E-state index is -0.810. The van der Waals surface area contributed by atoms with Gasteiger partial charge in [0.25, 0.3) is 0 Å². The van der Waals surface area contributed by atoms with E-state index in [4.69, 9.17) is 9.84 Å². The molecular weight excluding hydrogens is 340 g/mol. The van der Waals surface area contributed by atoms with Gasteiger partial charge < -0.3 is 14.9 Å². The van der Waals surface area contributed by atoms with Crippen LogP contribution in [0.4, 0.5) is 0 Å². The van der Waals surface area contributed by atoms with Crippen molar-refractivity contribution in [2.45, 2.75) is 63.3 Å². The summed E-state index contributed by atoms with van der Waals surface area (Å²) < 4.78 is 6.15. The van der Waals surface area contributed by atoms with E-state index in [1.807, 2.05) is 24.3 Å². The zero-order valence-electron chi connectivity index (χ0n) is 15.7. The largest absolute Gasteiger partial charge is 0.481 e. The maximum Gasteiger partial charge on any atom is 0.307 e. The van der Waals surface area contributed by atoms with Crippen LogP contribution in [0.25, 0.3) is 0 Å². The molecule has 1 aromatic carbocycles. The normalized spacial score (nSPS) is 28.3. The van der Waals surface area contributed by atoms with E-state index in [-0.39, 0.29) is 12.5 Å². The van der Waals surface area contributed by atoms with Crippen LogP contribution in [-0.4, -0.2) is 34.5 Å². The fraction of sp³-hybridized carbons (Fsp3) is 0.522. The fourth-order valence-electron chi connectivity index (χ4n) is 4.53. The number of allylic oxidation sites excluding steroid dienone is 3. The Balaban J connectivity index is 1.47. The van der Waals surface area contributed by atoms with E-state index in [1.54, 1.807) is 12.2 Å². The summed E-state index contributed by atoms with van der Waals surface area (Å²) in [5.74, 6) is 0.217. The summed E-state index contributed by atoms with van der Waals surface area (Å²) in [6.07, 6.45) is 13.7. The monoisotopic (exact) mass is 370 g/mol. The van der Waals surface area contributed by atoms with Crippen molar-refractivity contribution < 1.29 is 19.7 Å². The number of benzene rings is 1. The number of rotatable bonds is 10. The molecule has 0 aliphatic carbocycles. The second-order valence-corrected chi connectivity index (χ2v) is 7.73. The molecule has 2 fully saturated rings. The molecule has 2 aliphatic heterocycles. The molecule has 2 heterocycles. The summed E-state index contributed by atoms with van der Waals surface area (Å²) in [5, 5.41) is 19.1. The van der Waals surface area contributed by atoms with E-state index >= 15 is 0 Å². The van der Waals surface area contributed by atoms with Crippen molar-refractivity contribution in [3.8, 4) is 0 Å². The van der Waals surface area contributed by atoms with Crippen molar-refractivity contribution >= 4 is 5.97 Å². The SMILES string of the molecule is O=C(O)CC=C/C=C\C[C@H]1[C@@H](CCC(O)Cc2ccccc2)[C@H]2CC[C@@H]1O2. The summed E-state index contributed by atoms with van der Waals surface area (Å²) in [6, 6.07) is 10.2. The second-order valence-electron chi connectivity index (χ2n) is 7.73. The van der Waals surface area contributed by atoms with Gasteiger partial charge in [-0.25, -0.2) is 0 Å². The number of aliphatic hydroxyl groups excluding tert-OH is 1. The Bertz CT molecular complexity index is 652. The Morgan fingerprint density at radius 3 is 2.56 bits per heavy atom. The zero-order chi connectivity index (χ0) is 19.1. The van der Waals surface area contributed by atoms with E-state index in [0.29, 0.717) is 30.5 Å². The summed E-state index contributed by atoms with van der Waals surface area (Å²) in [6.45, 7) is 0. The van der Waals surface area contributed by atoms with Gasteiger partial charge in [-0.05, 0) is 55.9 Å². The molecule has 2 aliphatic rings. The Hall–Kier alpha value is -1.91. The molecule has 0 spiro atoms. The Morgan fingerprint density at radius 2 is 1.81 bits per heavy atom. The van der Waals surface area contributed by atoms with Crippen molar-refractivity contribution in [1.29, 1.82) is 0 Å². The molecule has 0 amide bonds. The lowest BCUT2D eigenvalue weighted by molar-refractivity contribution is -0.136. The molecule has 2 bridgehead atoms. The van der Waals surface area contributed by atoms with Gasteiger partial charge in [0.15, 0.2) is 0 Å². The highest BCUT2D eigenvalue weighted by Gasteiger charge is 2.47. The van der Waals surface area contributed by atoms with E-state index in [9.17, 15) is 9.90 Å². The number of carbonyl (C=O) groups is 1. The maximum absolute atomic E-state index is 10.5. The van der Waals surface area contributed by atoms with Crippen LogP contribution in [0.1, 0.15) is 44.1 Å². The van der Waals surface area contributed by atoms with Gasteiger partial charge >= 0.3 is 5.97 Å². The van der Waals surface area contributed by atoms with E-state index in [0.717, 1.165) is 32.1 Å². The quantitative estimate of drug-likeness (QED) is 0.608. The summed E-state index contributed by atoms with van der Waals surface area (Å²) in [5.41, 5.74) is 1.18. The average molecular weight is 370 g/mol. The van der Waals surface area contributed by atoms with Crippen molar-refractivity contribution in [1.82, 2.24) is 0 Å². The Morgan fingerprint density at radius 1 is 1.11 bits per heavy atom. The first kappa shape index (κ1) is 19.8. The molecule has 27 heavy (non-hydrogen) atoms. The van der Waals surface area contributed by atoms with Gasteiger partial charge in [-0.15, -0.1) is 0 Å². The maximum atomic E-state index is 10.5. The number of ether oxygens (including phenoxy) is 1. The molecule has 1 unspecified atom stereocenters. The molecular formula is C23H30O4. The van der Waals surface area contributed by atoms with Crippen LogP contribution in [0.2, 0.25) is 0 Å². The van der Waals surface area contributed by atoms with E-state index < -0.39 is 5.97 Å². The fourth-order valence-corrected chi connectivity index (χ4v) is 4.53. The van der Waals surface area contributed by atoms with Gasteiger partial charge in [0, 0.05) is 0 Å². The lowest BCUT2D eigenvalue weighted by atomic mass is 9.75. The van der Waals surface area contributed by atoms with Crippen LogP contribution in [0.15, 0.2) is 54.6 Å². The predicted molar refractivity (Wildman–Crippen MR) is 105 cm³/mol. The number of carboxylic acid groups (broad SMARTS) is 1. The first-order valence-electron chi connectivity index (χ1n) is 10.0. The van der Waals surface area contributed by atoms with Gasteiger partial charge in [0.1, 0.15) is 0 Å². The van der Waals surface area contributed by atoms with Crippen molar-refractivity contribution in [3.05, 3.63) is 60.2 Å². The third kappa shape index (κ3) is 5.78. The smallest absolute Gasteiger partial charge is 0.307 e. The molecule has 4 nitrogen and oxygen atoms in total. The molecule has 0 radical (unpaired) electrons. The number of hydrogen-bond acceptors (Lipinski definition) is 3. The lowest BCUT2D eigenvalue weighted by Crippen LogP contribution is -2.28. The first-order valence-corrected chi connectivity index (χ1v) is 10.0. The van der Waals surface area contributed by atoms with Gasteiger partial charge in [-0.1, -0.05) is 54.6 Å². The molecule has 146 valence electrons. The van der Waals surface area contributed by atoms with Gasteiger partial charge in [0.05, 0.1) is 24.7 Å². The topological polar surface area (TPSA) is 66.8 Å². The van der Waals surface area contributed by atoms with E-state index in [1.165, 1.54) is 5.56 Å². The number of fused-ring (bicyclic) bond motifs is 2. The van der Waals surface area contributed by atoms with Gasteiger partial charge in [-0.3, -0.25) is 4.79 Å². The van der Waals surface area contributed by atoms with Crippen LogP contribution in [-0.2, 0) is 16.0 Å². The van der Waals surface area contributed by atoms with Crippen LogP contribution in [0.3, 0.4) is 0 Å². The van der Waals surface area contributed by atoms with Gasteiger partial charge in [-0.2, -0.15) is 0 Å². The van der Waals surface area contributed by atoms with Gasteiger partial charge in [0.2, 0.25) is 0 Å². The highest BCUT2D eigenvalue weighted by molar-refractivity contribution is 5.68. The highest BCUT2D eigenvalue weighted by atomic mass is 16.5. The summed E-state index contributed by atoms with van der Waals surface area (Å²) in [7, 11) is 0. The number of carboxylic acids is 1. The number of aliphatic carboxylic acids is 1. The molecule has 4 heteroatoms. The molecule has 3 rings (SSSR count). The van der Waals surface area contributed by atoms with Crippen LogP contribution < -0.4 is 0 Å². The number of aliphatic hydroxyl groups is 1. The molecule has 1 aromatic rings. The third-order valence-electron chi connectivity index (χ3n) is 5.82. The average Bonchev–Trinajstić information content (AvgIpc) is 3.25. The summed E-state index contributed by atoms with van der Waals surface area (Å²) >= 11 is 0. The minimum Gasteiger partial charge on any atom is -0.481 e. The van der Waals surface area contributed by atoms with Crippen LogP contribution in [0, 0.1) is 11.8 Å². The van der Waals surface area contributed by atoms with Crippen molar-refractivity contribution in [2.75, 3.05) is 0 Å². The van der Waals surface area contributed by atoms with Crippen LogP contribution >= 0.6 is 0 Å². The van der Waals surface area contributed by atoms with E-state index in [2.05, 4.69) is 18.2 Å². The van der Waals surface area contributed by atoms with Crippen molar-refractivity contribution in [2.24, 2.45) is 11.8 Å². The molecule has 2 saturated heterocycles. The minimum absolute atomic E-state index is 0.0590. The highest BCUT2D eigenvalue weighted by Crippen LogP contribution is 2.47. The predicted octanol–water partition coefficient (Wildman–Crippen LogP) is 4.14. The second kappa shape index (κ2) is 9.86. The molecule has 0 aromatic heterocycles. The Labute approximate surface area is 161 Å². The molecule has 5 atom stereocenters. The summed E-state index contributed by atoms with van der Waals surface area (Å²) in [4.78, 5) is 10.5. The zero-order valence-corrected chi connectivity index (χ0v) is 15.7. The molecule has 2 N–H and O–H groups in total.